The van der Waals surface area contributed by atoms with Crippen molar-refractivity contribution in [3.63, 3.8) is 0 Å². The Bertz CT molecular complexity index is 370. The van der Waals surface area contributed by atoms with Crippen molar-refractivity contribution < 1.29 is 18.3 Å². The molecule has 1 aliphatic rings. The van der Waals surface area contributed by atoms with Crippen LogP contribution in [0.2, 0.25) is 0 Å². The van der Waals surface area contributed by atoms with Crippen molar-refractivity contribution in [3.05, 3.63) is 35.4 Å². The van der Waals surface area contributed by atoms with E-state index in [0.717, 1.165) is 6.07 Å². The fourth-order valence-corrected chi connectivity index (χ4v) is 1.70. The summed E-state index contributed by atoms with van der Waals surface area (Å²) in [7, 11) is 0. The van der Waals surface area contributed by atoms with E-state index in [-0.39, 0.29) is 12.4 Å². The van der Waals surface area contributed by atoms with E-state index < -0.39 is 17.6 Å². The molecule has 1 fully saturated rings. The van der Waals surface area contributed by atoms with Crippen molar-refractivity contribution in [2.24, 2.45) is 0 Å². The highest BCUT2D eigenvalue weighted by molar-refractivity contribution is 5.86. The molecule has 0 radical (unpaired) electrons. The smallest absolute Gasteiger partial charge is 0.144 e. The number of halogens is 2. The third-order valence-electron chi connectivity index (χ3n) is 2.45. The van der Waals surface area contributed by atoms with E-state index >= 15 is 0 Å². The number of benzene rings is 1. The van der Waals surface area contributed by atoms with Crippen molar-refractivity contribution in [1.29, 1.82) is 0 Å². The monoisotopic (exact) mass is 212 g/mol. The van der Waals surface area contributed by atoms with Gasteiger partial charge in [-0.1, -0.05) is 0 Å². The standard InChI is InChI=1S/C11H10F2O2/c12-8-3-7(4-9(13)5-8)10-6-15-2-1-11(10)14/h3-5,10H,1-2,6H2. The molecule has 2 nitrogen and oxygen atoms in total. The third-order valence-corrected chi connectivity index (χ3v) is 2.45. The summed E-state index contributed by atoms with van der Waals surface area (Å²) in [5.41, 5.74) is 0.359. The van der Waals surface area contributed by atoms with Crippen molar-refractivity contribution in [2.75, 3.05) is 13.2 Å². The molecule has 15 heavy (non-hydrogen) atoms. The molecular formula is C11H10F2O2. The second kappa shape index (κ2) is 4.06. The van der Waals surface area contributed by atoms with E-state index in [2.05, 4.69) is 0 Å². The first kappa shape index (κ1) is 10.2. The van der Waals surface area contributed by atoms with E-state index in [1.807, 2.05) is 0 Å². The van der Waals surface area contributed by atoms with Crippen LogP contribution in [0, 0.1) is 11.6 Å². The van der Waals surface area contributed by atoms with Gasteiger partial charge in [-0.2, -0.15) is 0 Å². The van der Waals surface area contributed by atoms with Crippen LogP contribution >= 0.6 is 0 Å². The summed E-state index contributed by atoms with van der Waals surface area (Å²) in [6, 6.07) is 3.15. The fourth-order valence-electron chi connectivity index (χ4n) is 1.70. The van der Waals surface area contributed by atoms with E-state index in [4.69, 9.17) is 4.74 Å². The molecule has 2 rings (SSSR count). The lowest BCUT2D eigenvalue weighted by molar-refractivity contribution is -0.126. The summed E-state index contributed by atoms with van der Waals surface area (Å²) >= 11 is 0. The molecule has 4 heteroatoms. The molecule has 1 aromatic rings. The Morgan fingerprint density at radius 3 is 2.47 bits per heavy atom. The van der Waals surface area contributed by atoms with Gasteiger partial charge in [0.25, 0.3) is 0 Å². The van der Waals surface area contributed by atoms with Crippen LogP contribution in [-0.2, 0) is 9.53 Å². The van der Waals surface area contributed by atoms with Gasteiger partial charge in [0.2, 0.25) is 0 Å². The molecule has 1 aliphatic heterocycles. The average molecular weight is 212 g/mol. The Morgan fingerprint density at radius 2 is 1.87 bits per heavy atom. The zero-order valence-corrected chi connectivity index (χ0v) is 8.00. The number of carbonyl (C=O) groups excluding carboxylic acids is 1. The molecule has 0 aliphatic carbocycles. The van der Waals surface area contributed by atoms with Crippen molar-refractivity contribution in [1.82, 2.24) is 0 Å². The molecule has 1 unspecified atom stereocenters. The van der Waals surface area contributed by atoms with Crippen molar-refractivity contribution in [2.45, 2.75) is 12.3 Å². The average Bonchev–Trinajstić information content (AvgIpc) is 2.16. The maximum Gasteiger partial charge on any atom is 0.144 e. The molecule has 1 atom stereocenters. The van der Waals surface area contributed by atoms with E-state index in [1.165, 1.54) is 12.1 Å². The topological polar surface area (TPSA) is 26.3 Å². The highest BCUT2D eigenvalue weighted by Crippen LogP contribution is 2.23. The number of hydrogen-bond acceptors (Lipinski definition) is 2. The summed E-state index contributed by atoms with van der Waals surface area (Å²) < 4.78 is 31.0. The van der Waals surface area contributed by atoms with Crippen LogP contribution in [0.15, 0.2) is 18.2 Å². The summed E-state index contributed by atoms with van der Waals surface area (Å²) in [6.07, 6.45) is 0.308. The Morgan fingerprint density at radius 1 is 1.20 bits per heavy atom. The predicted molar refractivity (Wildman–Crippen MR) is 49.5 cm³/mol. The number of ketones is 1. The van der Waals surface area contributed by atoms with Crippen molar-refractivity contribution in [3.8, 4) is 0 Å². The normalized spacial score (nSPS) is 21.7. The summed E-state index contributed by atoms with van der Waals surface area (Å²) in [5.74, 6) is -1.87. The molecule has 0 aromatic heterocycles. The molecule has 1 saturated heterocycles. The van der Waals surface area contributed by atoms with Crippen LogP contribution in [-0.4, -0.2) is 19.0 Å². The van der Waals surface area contributed by atoms with Crippen LogP contribution in [0.1, 0.15) is 17.9 Å². The van der Waals surface area contributed by atoms with Crippen LogP contribution < -0.4 is 0 Å². The Labute approximate surface area is 85.9 Å². The number of carbonyl (C=O) groups is 1. The zero-order valence-electron chi connectivity index (χ0n) is 8.00. The number of ether oxygens (including phenoxy) is 1. The van der Waals surface area contributed by atoms with Gasteiger partial charge in [-0.15, -0.1) is 0 Å². The first-order chi connectivity index (χ1) is 7.16. The zero-order chi connectivity index (χ0) is 10.8. The molecule has 0 bridgehead atoms. The lowest BCUT2D eigenvalue weighted by Crippen LogP contribution is -2.25. The van der Waals surface area contributed by atoms with Gasteiger partial charge < -0.3 is 4.74 Å². The molecule has 0 N–H and O–H groups in total. The lowest BCUT2D eigenvalue weighted by Gasteiger charge is -2.21. The van der Waals surface area contributed by atoms with Gasteiger partial charge >= 0.3 is 0 Å². The molecule has 0 amide bonds. The van der Waals surface area contributed by atoms with E-state index in [0.29, 0.717) is 18.6 Å². The van der Waals surface area contributed by atoms with E-state index in [1.54, 1.807) is 0 Å². The molecule has 80 valence electrons. The molecule has 1 aromatic carbocycles. The highest BCUT2D eigenvalue weighted by atomic mass is 19.1. The summed E-state index contributed by atoms with van der Waals surface area (Å²) in [5, 5.41) is 0. The molecule has 0 saturated carbocycles. The molecule has 1 heterocycles. The number of hydrogen-bond donors (Lipinski definition) is 0. The fraction of sp³-hybridized carbons (Fsp3) is 0.364. The Kier molecular flexibility index (Phi) is 2.77. The minimum atomic E-state index is -0.664. The van der Waals surface area contributed by atoms with Crippen LogP contribution in [0.5, 0.6) is 0 Å². The molecular weight excluding hydrogens is 202 g/mol. The maximum atomic E-state index is 12.9. The first-order valence-corrected chi connectivity index (χ1v) is 4.73. The van der Waals surface area contributed by atoms with Crippen LogP contribution in [0.4, 0.5) is 8.78 Å². The van der Waals surface area contributed by atoms with E-state index in [9.17, 15) is 13.6 Å². The minimum absolute atomic E-state index is 0.0220. The van der Waals surface area contributed by atoms with Gasteiger partial charge in [0.15, 0.2) is 0 Å². The van der Waals surface area contributed by atoms with Gasteiger partial charge in [-0.3, -0.25) is 4.79 Å². The SMILES string of the molecule is O=C1CCOCC1c1cc(F)cc(F)c1. The Hall–Kier alpha value is -1.29. The Balaban J connectivity index is 2.31. The molecule has 0 spiro atoms. The second-order valence-corrected chi connectivity index (χ2v) is 3.55. The van der Waals surface area contributed by atoms with Gasteiger partial charge in [0.05, 0.1) is 19.1 Å². The van der Waals surface area contributed by atoms with Gasteiger partial charge in [0, 0.05) is 12.5 Å². The summed E-state index contributed by atoms with van der Waals surface area (Å²) in [6.45, 7) is 0.606. The van der Waals surface area contributed by atoms with Crippen LogP contribution in [0.25, 0.3) is 0 Å². The lowest BCUT2D eigenvalue weighted by atomic mass is 9.92. The minimum Gasteiger partial charge on any atom is -0.380 e. The van der Waals surface area contributed by atoms with Crippen LogP contribution in [0.3, 0.4) is 0 Å². The quantitative estimate of drug-likeness (QED) is 0.712. The largest absolute Gasteiger partial charge is 0.380 e. The predicted octanol–water partition coefficient (Wildman–Crippen LogP) is 2.04. The second-order valence-electron chi connectivity index (χ2n) is 3.55. The number of Topliss-reactive ketones (excluding diaryl/α,β-unsaturated/α-hetero) is 1. The number of rotatable bonds is 1. The van der Waals surface area contributed by atoms with Gasteiger partial charge in [-0.05, 0) is 17.7 Å². The highest BCUT2D eigenvalue weighted by Gasteiger charge is 2.25. The van der Waals surface area contributed by atoms with Crippen molar-refractivity contribution >= 4 is 5.78 Å². The maximum absolute atomic E-state index is 12.9. The van der Waals surface area contributed by atoms with Gasteiger partial charge in [0.1, 0.15) is 17.4 Å². The van der Waals surface area contributed by atoms with Gasteiger partial charge in [-0.25, -0.2) is 8.78 Å². The summed E-state index contributed by atoms with van der Waals surface area (Å²) in [4.78, 5) is 11.5. The third kappa shape index (κ3) is 2.21. The first-order valence-electron chi connectivity index (χ1n) is 4.73.